The summed E-state index contributed by atoms with van der Waals surface area (Å²) < 4.78 is 49.1. The summed E-state index contributed by atoms with van der Waals surface area (Å²) in [5.74, 6) is -4.97. The number of esters is 6. The summed E-state index contributed by atoms with van der Waals surface area (Å²) >= 11 is 0. The summed E-state index contributed by atoms with van der Waals surface area (Å²) in [5, 5.41) is 10.0. The molecular formula is C24H35NO16. The van der Waals surface area contributed by atoms with Gasteiger partial charge in [0.05, 0.1) is 6.61 Å². The number of aliphatic hydroxyl groups excluding tert-OH is 1. The first kappa shape index (κ1) is 33.8. The number of rotatable bonds is 10. The zero-order valence-electron chi connectivity index (χ0n) is 23.3. The van der Waals surface area contributed by atoms with Gasteiger partial charge in [-0.05, 0) is 0 Å². The summed E-state index contributed by atoms with van der Waals surface area (Å²) in [4.78, 5) is 71.4. The lowest BCUT2D eigenvalue weighted by molar-refractivity contribution is -0.344. The van der Waals surface area contributed by atoms with Gasteiger partial charge in [-0.2, -0.15) is 0 Å². The number of aliphatic hydroxyl groups is 1. The average Bonchev–Trinajstić information content (AvgIpc) is 2.83. The van der Waals surface area contributed by atoms with Crippen LogP contribution in [0, 0.1) is 0 Å². The maximum atomic E-state index is 12.1. The summed E-state index contributed by atoms with van der Waals surface area (Å²) in [6, 6.07) is 0. The SMILES string of the molecule is CC(=O)OC[C@H]1O[C@@H](O[C@H]2[C@H](OC(C)=O)[C@@H](OC(C)=O)[C@H](N)O[C@@H]2CO)[C@H](OC(C)=O)[C@@H](OC(C)=O)[C@H]1OC(C)=O. The van der Waals surface area contributed by atoms with E-state index in [9.17, 15) is 33.9 Å². The molecule has 232 valence electrons. The van der Waals surface area contributed by atoms with E-state index in [1.165, 1.54) is 0 Å². The molecule has 2 saturated heterocycles. The number of ether oxygens (including phenoxy) is 9. The van der Waals surface area contributed by atoms with Gasteiger partial charge in [-0.25, -0.2) is 0 Å². The molecule has 0 aromatic rings. The maximum absolute atomic E-state index is 12.1. The van der Waals surface area contributed by atoms with E-state index < -0.39 is 110 Å². The van der Waals surface area contributed by atoms with Crippen molar-refractivity contribution in [3.8, 4) is 0 Å². The zero-order chi connectivity index (χ0) is 31.0. The van der Waals surface area contributed by atoms with Crippen LogP contribution in [0.2, 0.25) is 0 Å². The van der Waals surface area contributed by atoms with E-state index in [2.05, 4.69) is 0 Å². The van der Waals surface area contributed by atoms with E-state index in [1.807, 2.05) is 0 Å². The fraction of sp³-hybridized carbons (Fsp3) is 0.750. The quantitative estimate of drug-likeness (QED) is 0.206. The molecule has 0 saturated carbocycles. The first-order valence-electron chi connectivity index (χ1n) is 12.5. The van der Waals surface area contributed by atoms with E-state index in [-0.39, 0.29) is 0 Å². The van der Waals surface area contributed by atoms with Crippen LogP contribution in [0.3, 0.4) is 0 Å². The smallest absolute Gasteiger partial charge is 0.303 e. The third-order valence-corrected chi connectivity index (χ3v) is 5.69. The summed E-state index contributed by atoms with van der Waals surface area (Å²) in [7, 11) is 0. The molecule has 0 spiro atoms. The van der Waals surface area contributed by atoms with E-state index >= 15 is 0 Å². The minimum Gasteiger partial charge on any atom is -0.463 e. The summed E-state index contributed by atoms with van der Waals surface area (Å²) in [6.07, 6.45) is -14.8. The van der Waals surface area contributed by atoms with Crippen LogP contribution >= 0.6 is 0 Å². The minimum absolute atomic E-state index is 0.531. The Balaban J connectivity index is 2.60. The van der Waals surface area contributed by atoms with Gasteiger partial charge < -0.3 is 53.5 Å². The Morgan fingerprint density at radius 3 is 1.49 bits per heavy atom. The Bertz CT molecular complexity index is 987. The molecule has 2 aliphatic heterocycles. The summed E-state index contributed by atoms with van der Waals surface area (Å²) in [5.41, 5.74) is 5.97. The van der Waals surface area contributed by atoms with Crippen LogP contribution in [0.5, 0.6) is 0 Å². The van der Waals surface area contributed by atoms with Crippen molar-refractivity contribution in [2.24, 2.45) is 5.73 Å². The highest BCUT2D eigenvalue weighted by molar-refractivity contribution is 5.69. The molecule has 0 aliphatic carbocycles. The van der Waals surface area contributed by atoms with E-state index in [0.29, 0.717) is 0 Å². The van der Waals surface area contributed by atoms with Crippen LogP contribution < -0.4 is 5.73 Å². The van der Waals surface area contributed by atoms with Crippen molar-refractivity contribution < 1.29 is 76.5 Å². The average molecular weight is 594 g/mol. The Hall–Kier alpha value is -3.38. The molecule has 0 amide bonds. The Labute approximate surface area is 234 Å². The third-order valence-electron chi connectivity index (χ3n) is 5.69. The van der Waals surface area contributed by atoms with E-state index in [1.54, 1.807) is 0 Å². The molecule has 0 radical (unpaired) electrons. The predicted molar refractivity (Wildman–Crippen MR) is 128 cm³/mol. The minimum atomic E-state index is -1.72. The lowest BCUT2D eigenvalue weighted by atomic mass is 9.95. The van der Waals surface area contributed by atoms with Crippen LogP contribution in [-0.4, -0.2) is 115 Å². The van der Waals surface area contributed by atoms with Crippen molar-refractivity contribution in [1.29, 1.82) is 0 Å². The molecule has 17 nitrogen and oxygen atoms in total. The lowest BCUT2D eigenvalue weighted by Crippen LogP contribution is -2.68. The Morgan fingerprint density at radius 2 is 1.02 bits per heavy atom. The number of carbonyl (C=O) groups excluding carboxylic acids is 6. The zero-order valence-corrected chi connectivity index (χ0v) is 23.3. The number of hydrogen-bond acceptors (Lipinski definition) is 17. The molecule has 0 aromatic heterocycles. The molecule has 2 rings (SSSR count). The van der Waals surface area contributed by atoms with Crippen LogP contribution in [0.1, 0.15) is 41.5 Å². The molecule has 2 heterocycles. The highest BCUT2D eigenvalue weighted by Crippen LogP contribution is 2.34. The van der Waals surface area contributed by atoms with E-state index in [0.717, 1.165) is 41.5 Å². The van der Waals surface area contributed by atoms with Crippen LogP contribution in [0.25, 0.3) is 0 Å². The van der Waals surface area contributed by atoms with Gasteiger partial charge in [0.15, 0.2) is 36.8 Å². The molecule has 0 aromatic carbocycles. The lowest BCUT2D eigenvalue weighted by Gasteiger charge is -2.48. The second-order valence-corrected chi connectivity index (χ2v) is 9.14. The standard InChI is InChI=1S/C24H35NO16/c1-9(27)33-8-16-18(34-10(2)28)20(36-12(4)30)22(38-14(6)32)24(40-16)41-17-15(7-26)39-23(25)21(37-13(5)31)19(17)35-11(3)29/h15-24,26H,7-8,25H2,1-6H3/t15-,16-,17-,18+,19+,20+,21-,22-,23-,24+/m1/s1. The van der Waals surface area contributed by atoms with Crippen molar-refractivity contribution in [2.45, 2.75) is 103 Å². The highest BCUT2D eigenvalue weighted by atomic mass is 16.8. The number of carbonyl (C=O) groups is 6. The first-order chi connectivity index (χ1) is 19.1. The van der Waals surface area contributed by atoms with Gasteiger partial charge in [0.1, 0.15) is 31.1 Å². The second-order valence-electron chi connectivity index (χ2n) is 9.14. The number of nitrogens with two attached hydrogens (primary N) is 1. The second kappa shape index (κ2) is 15.0. The van der Waals surface area contributed by atoms with Crippen LogP contribution in [0.4, 0.5) is 0 Å². The van der Waals surface area contributed by atoms with Crippen LogP contribution in [0.15, 0.2) is 0 Å². The predicted octanol–water partition coefficient (Wildman–Crippen LogP) is -2.01. The molecule has 10 atom stereocenters. The normalized spacial score (nSPS) is 33.1. The molecule has 2 fully saturated rings. The first-order valence-corrected chi connectivity index (χ1v) is 12.5. The van der Waals surface area contributed by atoms with Crippen LogP contribution in [-0.2, 0) is 71.4 Å². The van der Waals surface area contributed by atoms with Crippen molar-refractivity contribution in [1.82, 2.24) is 0 Å². The van der Waals surface area contributed by atoms with Gasteiger partial charge in [0, 0.05) is 41.5 Å². The molecule has 0 unspecified atom stereocenters. The van der Waals surface area contributed by atoms with Gasteiger partial charge in [0.25, 0.3) is 0 Å². The van der Waals surface area contributed by atoms with Gasteiger partial charge >= 0.3 is 35.8 Å². The van der Waals surface area contributed by atoms with Gasteiger partial charge in [-0.15, -0.1) is 0 Å². The number of hydrogen-bond donors (Lipinski definition) is 2. The molecule has 2 aliphatic rings. The Kier molecular flexibility index (Phi) is 12.4. The summed E-state index contributed by atoms with van der Waals surface area (Å²) in [6.45, 7) is 5.10. The van der Waals surface area contributed by atoms with Crippen molar-refractivity contribution in [3.05, 3.63) is 0 Å². The monoisotopic (exact) mass is 593 g/mol. The highest BCUT2D eigenvalue weighted by Gasteiger charge is 2.56. The maximum Gasteiger partial charge on any atom is 0.303 e. The molecule has 0 bridgehead atoms. The fourth-order valence-electron chi connectivity index (χ4n) is 4.36. The van der Waals surface area contributed by atoms with E-state index in [4.69, 9.17) is 48.4 Å². The third kappa shape index (κ3) is 9.60. The van der Waals surface area contributed by atoms with Crippen molar-refractivity contribution >= 4 is 35.8 Å². The Morgan fingerprint density at radius 1 is 0.585 bits per heavy atom. The van der Waals surface area contributed by atoms with Gasteiger partial charge in [0.2, 0.25) is 0 Å². The fourth-order valence-corrected chi connectivity index (χ4v) is 4.36. The molecular weight excluding hydrogens is 558 g/mol. The molecule has 17 heteroatoms. The van der Waals surface area contributed by atoms with Crippen molar-refractivity contribution in [2.75, 3.05) is 13.2 Å². The van der Waals surface area contributed by atoms with Crippen molar-refractivity contribution in [3.63, 3.8) is 0 Å². The topological polar surface area (TPSA) is 232 Å². The molecule has 3 N–H and O–H groups in total. The van der Waals surface area contributed by atoms with Gasteiger partial charge in [-0.1, -0.05) is 0 Å². The largest absolute Gasteiger partial charge is 0.463 e. The van der Waals surface area contributed by atoms with Gasteiger partial charge in [-0.3, -0.25) is 28.8 Å². The molecule has 41 heavy (non-hydrogen) atoms.